The maximum absolute atomic E-state index is 12.9. The Hall–Kier alpha value is -3.08. The van der Waals surface area contributed by atoms with Crippen LogP contribution >= 0.6 is 0 Å². The second-order valence-corrected chi connectivity index (χ2v) is 6.09. The third-order valence-corrected chi connectivity index (χ3v) is 4.56. The number of hydrogen-bond acceptors (Lipinski definition) is 4. The Balaban J connectivity index is 1.63. The van der Waals surface area contributed by atoms with Gasteiger partial charge in [-0.2, -0.15) is 0 Å². The molecule has 0 aliphatic heterocycles. The zero-order valence-corrected chi connectivity index (χ0v) is 14.0. The van der Waals surface area contributed by atoms with Crippen molar-refractivity contribution in [3.63, 3.8) is 0 Å². The first-order valence-corrected chi connectivity index (χ1v) is 8.37. The van der Waals surface area contributed by atoms with Crippen molar-refractivity contribution in [3.05, 3.63) is 65.4 Å². The fourth-order valence-corrected chi connectivity index (χ4v) is 3.34. The summed E-state index contributed by atoms with van der Waals surface area (Å²) in [6.45, 7) is 0. The number of aryl methyl sites for hydroxylation is 1. The molecule has 126 valence electrons. The van der Waals surface area contributed by atoms with Crippen molar-refractivity contribution < 1.29 is 9.53 Å². The first kappa shape index (κ1) is 15.4. The normalized spacial score (nSPS) is 12.7. The number of hydrogen-bond donors (Lipinski definition) is 2. The molecular weight excluding hydrogens is 314 g/mol. The first-order valence-electron chi connectivity index (χ1n) is 8.37. The van der Waals surface area contributed by atoms with Gasteiger partial charge in [0.1, 0.15) is 5.75 Å². The molecule has 0 atom stereocenters. The number of nitrogens with one attached hydrogen (secondary N) is 2. The van der Waals surface area contributed by atoms with E-state index in [1.165, 1.54) is 0 Å². The maximum atomic E-state index is 12.9. The highest BCUT2D eigenvalue weighted by molar-refractivity contribution is 6.08. The standard InChI is InChI=1S/C20H19N3O2/c1-25-14-11-9-13(10-12-14)22-23-20(24)19-15-5-2-3-7-17(15)21-18-8-4-6-16(18)19/h2-3,5,7,9-12,22H,4,6,8H2,1H3,(H,23,24). The molecule has 5 heteroatoms. The van der Waals surface area contributed by atoms with Crippen LogP contribution in [0.15, 0.2) is 48.5 Å². The van der Waals surface area contributed by atoms with Crippen molar-refractivity contribution in [1.82, 2.24) is 10.4 Å². The van der Waals surface area contributed by atoms with E-state index in [9.17, 15) is 4.79 Å². The third kappa shape index (κ3) is 2.89. The lowest BCUT2D eigenvalue weighted by atomic mass is 10.0. The second kappa shape index (κ2) is 6.43. The molecule has 25 heavy (non-hydrogen) atoms. The summed E-state index contributed by atoms with van der Waals surface area (Å²) in [5.41, 5.74) is 10.3. The Morgan fingerprint density at radius 2 is 1.88 bits per heavy atom. The van der Waals surface area contributed by atoms with Crippen molar-refractivity contribution in [2.75, 3.05) is 12.5 Å². The molecule has 0 saturated heterocycles. The summed E-state index contributed by atoms with van der Waals surface area (Å²) in [4.78, 5) is 17.6. The molecule has 1 aliphatic rings. The molecule has 4 rings (SSSR count). The quantitative estimate of drug-likeness (QED) is 0.718. The summed E-state index contributed by atoms with van der Waals surface area (Å²) in [6, 6.07) is 15.2. The summed E-state index contributed by atoms with van der Waals surface area (Å²) in [6.07, 6.45) is 2.88. The van der Waals surface area contributed by atoms with Crippen molar-refractivity contribution in [1.29, 1.82) is 0 Å². The lowest BCUT2D eigenvalue weighted by Gasteiger charge is -2.14. The van der Waals surface area contributed by atoms with Crippen LogP contribution in [0.5, 0.6) is 5.75 Å². The van der Waals surface area contributed by atoms with Gasteiger partial charge in [-0.25, -0.2) is 0 Å². The zero-order chi connectivity index (χ0) is 17.2. The first-order chi connectivity index (χ1) is 12.3. The van der Waals surface area contributed by atoms with E-state index >= 15 is 0 Å². The number of ether oxygens (including phenoxy) is 1. The van der Waals surface area contributed by atoms with Crippen molar-refractivity contribution in [2.45, 2.75) is 19.3 Å². The molecule has 0 saturated carbocycles. The van der Waals surface area contributed by atoms with E-state index in [-0.39, 0.29) is 5.91 Å². The second-order valence-electron chi connectivity index (χ2n) is 6.09. The number of amides is 1. The number of hydrazine groups is 1. The number of methoxy groups -OCH3 is 1. The number of fused-ring (bicyclic) bond motifs is 2. The number of nitrogens with zero attached hydrogens (tertiary/aromatic N) is 1. The number of pyridine rings is 1. The zero-order valence-electron chi connectivity index (χ0n) is 14.0. The molecule has 0 unspecified atom stereocenters. The Morgan fingerprint density at radius 3 is 2.68 bits per heavy atom. The minimum atomic E-state index is -0.132. The number of carbonyl (C=O) groups is 1. The molecule has 5 nitrogen and oxygen atoms in total. The molecule has 2 N–H and O–H groups in total. The van der Waals surface area contributed by atoms with E-state index < -0.39 is 0 Å². The number of benzene rings is 2. The van der Waals surface area contributed by atoms with Gasteiger partial charge in [0.15, 0.2) is 0 Å². The minimum Gasteiger partial charge on any atom is -0.497 e. The Bertz CT molecular complexity index is 936. The lowest BCUT2D eigenvalue weighted by molar-refractivity contribution is 0.0963. The van der Waals surface area contributed by atoms with Gasteiger partial charge >= 0.3 is 0 Å². The van der Waals surface area contributed by atoms with Gasteiger partial charge in [-0.3, -0.25) is 20.6 Å². The molecule has 2 aromatic carbocycles. The van der Waals surface area contributed by atoms with E-state index in [0.717, 1.165) is 58.4 Å². The summed E-state index contributed by atoms with van der Waals surface area (Å²) in [7, 11) is 1.62. The predicted octanol–water partition coefficient (Wildman–Crippen LogP) is 3.49. The fourth-order valence-electron chi connectivity index (χ4n) is 3.34. The molecule has 0 spiro atoms. The van der Waals surface area contributed by atoms with Gasteiger partial charge in [0.2, 0.25) is 0 Å². The molecule has 1 amide bonds. The highest BCUT2D eigenvalue weighted by atomic mass is 16.5. The largest absolute Gasteiger partial charge is 0.497 e. The average molecular weight is 333 g/mol. The molecular formula is C20H19N3O2. The van der Waals surface area contributed by atoms with Crippen LogP contribution in [0.4, 0.5) is 5.69 Å². The van der Waals surface area contributed by atoms with Gasteiger partial charge in [0, 0.05) is 11.1 Å². The van der Waals surface area contributed by atoms with E-state index in [4.69, 9.17) is 9.72 Å². The Kier molecular flexibility index (Phi) is 3.98. The van der Waals surface area contributed by atoms with Crippen LogP contribution in [0.3, 0.4) is 0 Å². The van der Waals surface area contributed by atoms with Gasteiger partial charge in [-0.05, 0) is 55.2 Å². The third-order valence-electron chi connectivity index (χ3n) is 4.56. The van der Waals surface area contributed by atoms with Crippen molar-refractivity contribution in [3.8, 4) is 5.75 Å². The van der Waals surface area contributed by atoms with E-state index in [0.29, 0.717) is 0 Å². The summed E-state index contributed by atoms with van der Waals surface area (Å²) < 4.78 is 5.14. The van der Waals surface area contributed by atoms with Crippen LogP contribution in [-0.2, 0) is 12.8 Å². The monoisotopic (exact) mass is 333 g/mol. The average Bonchev–Trinajstić information content (AvgIpc) is 3.12. The maximum Gasteiger partial charge on any atom is 0.270 e. The van der Waals surface area contributed by atoms with E-state index in [1.54, 1.807) is 7.11 Å². The highest BCUT2D eigenvalue weighted by Crippen LogP contribution is 2.29. The summed E-state index contributed by atoms with van der Waals surface area (Å²) in [5, 5.41) is 0.900. The number of aromatic nitrogens is 1. The predicted molar refractivity (Wildman–Crippen MR) is 97.9 cm³/mol. The van der Waals surface area contributed by atoms with Gasteiger partial charge in [-0.15, -0.1) is 0 Å². The number of anilines is 1. The molecule has 0 fully saturated rings. The van der Waals surface area contributed by atoms with Gasteiger partial charge in [0.05, 0.1) is 23.9 Å². The van der Waals surface area contributed by atoms with Crippen LogP contribution in [0.2, 0.25) is 0 Å². The van der Waals surface area contributed by atoms with Crippen LogP contribution in [0, 0.1) is 0 Å². The van der Waals surface area contributed by atoms with Gasteiger partial charge in [-0.1, -0.05) is 18.2 Å². The van der Waals surface area contributed by atoms with E-state index in [1.807, 2.05) is 48.5 Å². The topological polar surface area (TPSA) is 63.2 Å². The van der Waals surface area contributed by atoms with E-state index in [2.05, 4.69) is 10.9 Å². The molecule has 1 aliphatic carbocycles. The molecule has 3 aromatic rings. The van der Waals surface area contributed by atoms with Gasteiger partial charge < -0.3 is 4.74 Å². The summed E-state index contributed by atoms with van der Waals surface area (Å²) >= 11 is 0. The fraction of sp³-hybridized carbons (Fsp3) is 0.200. The summed E-state index contributed by atoms with van der Waals surface area (Å²) in [5.74, 6) is 0.641. The number of rotatable bonds is 4. The van der Waals surface area contributed by atoms with Crippen LogP contribution in [0.1, 0.15) is 28.0 Å². The van der Waals surface area contributed by atoms with Gasteiger partial charge in [0.25, 0.3) is 5.91 Å². The van der Waals surface area contributed by atoms with Crippen LogP contribution < -0.4 is 15.6 Å². The molecule has 1 aromatic heterocycles. The smallest absolute Gasteiger partial charge is 0.270 e. The van der Waals surface area contributed by atoms with Crippen molar-refractivity contribution >= 4 is 22.5 Å². The molecule has 0 radical (unpaired) electrons. The number of carbonyl (C=O) groups excluding carboxylic acids is 1. The SMILES string of the molecule is COc1ccc(NNC(=O)c2c3c(nc4ccccc24)CCC3)cc1. The van der Waals surface area contributed by atoms with Crippen molar-refractivity contribution in [2.24, 2.45) is 0 Å². The molecule has 0 bridgehead atoms. The Morgan fingerprint density at radius 1 is 1.08 bits per heavy atom. The molecule has 1 heterocycles. The lowest BCUT2D eigenvalue weighted by Crippen LogP contribution is -2.30. The highest BCUT2D eigenvalue weighted by Gasteiger charge is 2.23. The van der Waals surface area contributed by atoms with Crippen LogP contribution in [0.25, 0.3) is 10.9 Å². The minimum absolute atomic E-state index is 0.132. The van der Waals surface area contributed by atoms with Crippen LogP contribution in [-0.4, -0.2) is 18.0 Å². The Labute approximate surface area is 146 Å². The number of para-hydroxylation sites is 1.